The maximum atomic E-state index is 5.88. The second kappa shape index (κ2) is 9.38. The van der Waals surface area contributed by atoms with Crippen molar-refractivity contribution < 1.29 is 9.47 Å². The zero-order valence-electron chi connectivity index (χ0n) is 12.2. The van der Waals surface area contributed by atoms with Gasteiger partial charge in [0.2, 0.25) is 0 Å². The van der Waals surface area contributed by atoms with Gasteiger partial charge in [0.25, 0.3) is 0 Å². The van der Waals surface area contributed by atoms with Gasteiger partial charge >= 0.3 is 0 Å². The van der Waals surface area contributed by atoms with E-state index in [0.717, 1.165) is 16.6 Å². The van der Waals surface area contributed by atoms with Crippen LogP contribution in [0.2, 0.25) is 0 Å². The smallest absolute Gasteiger partial charge is 0.133 e. The van der Waals surface area contributed by atoms with Crippen LogP contribution in [0.15, 0.2) is 22.7 Å². The van der Waals surface area contributed by atoms with E-state index in [1.54, 1.807) is 7.11 Å². The molecule has 3 heteroatoms. The van der Waals surface area contributed by atoms with Gasteiger partial charge < -0.3 is 9.47 Å². The first kappa shape index (κ1) is 16.5. The van der Waals surface area contributed by atoms with Crippen LogP contribution in [0.1, 0.15) is 51.5 Å². The number of ether oxygens (including phenoxy) is 2. The molecule has 0 bridgehead atoms. The molecule has 1 atom stereocenters. The van der Waals surface area contributed by atoms with Crippen LogP contribution in [0.3, 0.4) is 0 Å². The highest BCUT2D eigenvalue weighted by Crippen LogP contribution is 2.26. The Morgan fingerprint density at radius 2 is 2.00 bits per heavy atom. The van der Waals surface area contributed by atoms with Crippen LogP contribution in [0.5, 0.6) is 5.75 Å². The van der Waals surface area contributed by atoms with Gasteiger partial charge in [-0.05, 0) is 47.0 Å². The summed E-state index contributed by atoms with van der Waals surface area (Å²) in [5.41, 5.74) is 1.17. The molecule has 1 unspecified atom stereocenters. The maximum absolute atomic E-state index is 5.88. The number of rotatable bonds is 9. The fourth-order valence-electron chi connectivity index (χ4n) is 1.98. The molecule has 1 aromatic carbocycles. The molecule has 0 heterocycles. The number of hydrogen-bond acceptors (Lipinski definition) is 2. The SMILES string of the molecule is CCCCCCC(C)OCc1ccc(OC)c(Br)c1. The second-order valence-corrected chi connectivity index (χ2v) is 5.79. The highest BCUT2D eigenvalue weighted by atomic mass is 79.9. The second-order valence-electron chi connectivity index (χ2n) is 4.94. The summed E-state index contributed by atoms with van der Waals surface area (Å²) in [6, 6.07) is 6.07. The lowest BCUT2D eigenvalue weighted by Gasteiger charge is -2.13. The average molecular weight is 329 g/mol. The monoisotopic (exact) mass is 328 g/mol. The number of unbranched alkanes of at least 4 members (excludes halogenated alkanes) is 3. The highest BCUT2D eigenvalue weighted by Gasteiger charge is 2.05. The molecule has 1 aromatic rings. The van der Waals surface area contributed by atoms with Crippen LogP contribution < -0.4 is 4.74 Å². The zero-order chi connectivity index (χ0) is 14.1. The van der Waals surface area contributed by atoms with Crippen molar-refractivity contribution in [3.63, 3.8) is 0 Å². The van der Waals surface area contributed by atoms with Crippen LogP contribution in [0, 0.1) is 0 Å². The molecule has 0 aliphatic rings. The molecule has 0 saturated heterocycles. The van der Waals surface area contributed by atoms with Crippen LogP contribution in [-0.2, 0) is 11.3 Å². The van der Waals surface area contributed by atoms with Gasteiger partial charge in [0.05, 0.1) is 24.3 Å². The lowest BCUT2D eigenvalue weighted by atomic mass is 10.1. The van der Waals surface area contributed by atoms with Crippen LogP contribution >= 0.6 is 15.9 Å². The van der Waals surface area contributed by atoms with E-state index >= 15 is 0 Å². The molecule has 108 valence electrons. The van der Waals surface area contributed by atoms with E-state index in [-0.39, 0.29) is 0 Å². The Morgan fingerprint density at radius 3 is 2.63 bits per heavy atom. The molecule has 1 rings (SSSR count). The Bertz CT molecular complexity index is 366. The standard InChI is InChI=1S/C16H25BrO2/c1-4-5-6-7-8-13(2)19-12-14-9-10-16(18-3)15(17)11-14/h9-11,13H,4-8,12H2,1-3H3. The molecule has 0 amide bonds. The van der Waals surface area contributed by atoms with Crippen LogP contribution in [0.4, 0.5) is 0 Å². The molecule has 0 aromatic heterocycles. The predicted octanol–water partition coefficient (Wildman–Crippen LogP) is 5.33. The van der Waals surface area contributed by atoms with E-state index in [0.29, 0.717) is 12.7 Å². The molecular weight excluding hydrogens is 304 g/mol. The highest BCUT2D eigenvalue weighted by molar-refractivity contribution is 9.10. The summed E-state index contributed by atoms with van der Waals surface area (Å²) in [4.78, 5) is 0. The summed E-state index contributed by atoms with van der Waals surface area (Å²) in [5, 5.41) is 0. The molecule has 0 N–H and O–H groups in total. The molecule has 0 fully saturated rings. The van der Waals surface area contributed by atoms with Crippen molar-refractivity contribution in [1.82, 2.24) is 0 Å². The van der Waals surface area contributed by atoms with Crippen molar-refractivity contribution in [3.8, 4) is 5.75 Å². The topological polar surface area (TPSA) is 18.5 Å². The summed E-state index contributed by atoms with van der Waals surface area (Å²) in [7, 11) is 1.68. The zero-order valence-corrected chi connectivity index (χ0v) is 13.8. The lowest BCUT2D eigenvalue weighted by Crippen LogP contribution is -2.08. The number of benzene rings is 1. The van der Waals surface area contributed by atoms with Gasteiger partial charge in [-0.15, -0.1) is 0 Å². The quantitative estimate of drug-likeness (QED) is 0.570. The first-order chi connectivity index (χ1) is 9.17. The first-order valence-electron chi connectivity index (χ1n) is 7.11. The lowest BCUT2D eigenvalue weighted by molar-refractivity contribution is 0.0458. The van der Waals surface area contributed by atoms with E-state index in [4.69, 9.17) is 9.47 Å². The van der Waals surface area contributed by atoms with E-state index in [1.165, 1.54) is 31.2 Å². The molecule has 2 nitrogen and oxygen atoms in total. The van der Waals surface area contributed by atoms with Gasteiger partial charge in [0.1, 0.15) is 5.75 Å². The third kappa shape index (κ3) is 6.44. The Hall–Kier alpha value is -0.540. The third-order valence-electron chi connectivity index (χ3n) is 3.21. The molecule has 0 aliphatic heterocycles. The van der Waals surface area contributed by atoms with Crippen molar-refractivity contribution in [2.24, 2.45) is 0 Å². The van der Waals surface area contributed by atoms with E-state index in [9.17, 15) is 0 Å². The normalized spacial score (nSPS) is 12.4. The Balaban J connectivity index is 2.29. The van der Waals surface area contributed by atoms with Gasteiger partial charge in [0, 0.05) is 0 Å². The van der Waals surface area contributed by atoms with Gasteiger partial charge in [-0.25, -0.2) is 0 Å². The minimum absolute atomic E-state index is 0.331. The number of hydrogen-bond donors (Lipinski definition) is 0. The van der Waals surface area contributed by atoms with Gasteiger partial charge in [0.15, 0.2) is 0 Å². The fourth-order valence-corrected chi connectivity index (χ4v) is 2.57. The van der Waals surface area contributed by atoms with Crippen molar-refractivity contribution in [2.75, 3.05) is 7.11 Å². The van der Waals surface area contributed by atoms with E-state index in [2.05, 4.69) is 35.8 Å². The number of methoxy groups -OCH3 is 1. The molecular formula is C16H25BrO2. The van der Waals surface area contributed by atoms with Crippen molar-refractivity contribution in [1.29, 1.82) is 0 Å². The Morgan fingerprint density at radius 1 is 1.21 bits per heavy atom. The van der Waals surface area contributed by atoms with Crippen molar-refractivity contribution >= 4 is 15.9 Å². The molecule has 0 radical (unpaired) electrons. The summed E-state index contributed by atoms with van der Waals surface area (Å²) >= 11 is 3.49. The van der Waals surface area contributed by atoms with Gasteiger partial charge in [-0.1, -0.05) is 38.7 Å². The fraction of sp³-hybridized carbons (Fsp3) is 0.625. The molecule has 0 aliphatic carbocycles. The third-order valence-corrected chi connectivity index (χ3v) is 3.83. The maximum Gasteiger partial charge on any atom is 0.133 e. The van der Waals surface area contributed by atoms with Gasteiger partial charge in [-0.2, -0.15) is 0 Å². The van der Waals surface area contributed by atoms with Crippen molar-refractivity contribution in [3.05, 3.63) is 28.2 Å². The van der Waals surface area contributed by atoms with E-state index < -0.39 is 0 Å². The molecule has 0 saturated carbocycles. The summed E-state index contributed by atoms with van der Waals surface area (Å²) < 4.78 is 12.1. The number of halogens is 1. The molecule has 0 spiro atoms. The first-order valence-corrected chi connectivity index (χ1v) is 7.90. The predicted molar refractivity (Wildman–Crippen MR) is 83.7 cm³/mol. The average Bonchev–Trinajstić information content (AvgIpc) is 2.41. The summed E-state index contributed by atoms with van der Waals surface area (Å²) in [5.74, 6) is 0.858. The Labute approximate surface area is 125 Å². The van der Waals surface area contributed by atoms with Crippen LogP contribution in [0.25, 0.3) is 0 Å². The summed E-state index contributed by atoms with van der Waals surface area (Å²) in [6.07, 6.45) is 6.68. The van der Waals surface area contributed by atoms with E-state index in [1.807, 2.05) is 12.1 Å². The minimum atomic E-state index is 0.331. The molecule has 19 heavy (non-hydrogen) atoms. The largest absolute Gasteiger partial charge is 0.496 e. The van der Waals surface area contributed by atoms with Gasteiger partial charge in [-0.3, -0.25) is 0 Å². The summed E-state index contributed by atoms with van der Waals surface area (Å²) in [6.45, 7) is 5.06. The van der Waals surface area contributed by atoms with Crippen LogP contribution in [-0.4, -0.2) is 13.2 Å². The van der Waals surface area contributed by atoms with Crippen molar-refractivity contribution in [2.45, 2.75) is 58.7 Å². The Kier molecular flexibility index (Phi) is 8.15. The minimum Gasteiger partial charge on any atom is -0.496 e.